The molecular weight excluding hydrogens is 458 g/mol. The Bertz CT molecular complexity index is 882. The number of rotatable bonds is 8. The Morgan fingerprint density at radius 3 is 2.76 bits per heavy atom. The molecule has 3 rings (SSSR count). The molecule has 0 atom stereocenters. The molecule has 1 aliphatic heterocycles. The maximum Gasteiger partial charge on any atom is 0.252 e. The van der Waals surface area contributed by atoms with E-state index in [9.17, 15) is 9.59 Å². The van der Waals surface area contributed by atoms with Gasteiger partial charge in [-0.25, -0.2) is 0 Å². The number of halogens is 1. The van der Waals surface area contributed by atoms with Crippen LogP contribution in [0.15, 0.2) is 46.5 Å². The van der Waals surface area contributed by atoms with Crippen LogP contribution in [0.1, 0.15) is 16.2 Å². The summed E-state index contributed by atoms with van der Waals surface area (Å²) in [4.78, 5) is 26.6. The molecule has 1 aromatic carbocycles. The van der Waals surface area contributed by atoms with Crippen molar-refractivity contribution in [2.45, 2.75) is 18.2 Å². The van der Waals surface area contributed by atoms with Crippen molar-refractivity contribution in [1.29, 1.82) is 0 Å². The molecule has 1 aliphatic rings. The molecular formula is C19H22BrN5O3S. The van der Waals surface area contributed by atoms with Crippen LogP contribution in [0.3, 0.4) is 0 Å². The summed E-state index contributed by atoms with van der Waals surface area (Å²) in [6.45, 7) is 6.86. The molecule has 0 bridgehead atoms. The second-order valence-corrected chi connectivity index (χ2v) is 8.04. The Balaban J connectivity index is 1.62. The normalized spacial score (nSPS) is 13.9. The number of allylic oxidation sites excluding steroid dienone is 1. The van der Waals surface area contributed by atoms with Gasteiger partial charge >= 0.3 is 0 Å². The highest BCUT2D eigenvalue weighted by molar-refractivity contribution is 9.10. The number of ether oxygens (including phenoxy) is 1. The van der Waals surface area contributed by atoms with Crippen LogP contribution in [-0.4, -0.2) is 63.5 Å². The summed E-state index contributed by atoms with van der Waals surface area (Å²) in [5.74, 6) is 0.725. The first kappa shape index (κ1) is 21.5. The fourth-order valence-electron chi connectivity index (χ4n) is 2.80. The van der Waals surface area contributed by atoms with Gasteiger partial charge in [0.15, 0.2) is 11.0 Å². The van der Waals surface area contributed by atoms with Crippen LogP contribution >= 0.6 is 27.7 Å². The number of nitrogens with one attached hydrogen (secondary N) is 1. The van der Waals surface area contributed by atoms with Crippen molar-refractivity contribution in [2.75, 3.05) is 32.1 Å². The topological polar surface area (TPSA) is 89.3 Å². The molecule has 0 unspecified atom stereocenters. The number of amides is 2. The molecule has 154 valence electrons. The smallest absolute Gasteiger partial charge is 0.252 e. The quantitative estimate of drug-likeness (QED) is 0.460. The van der Waals surface area contributed by atoms with Gasteiger partial charge in [0.2, 0.25) is 5.91 Å². The third-order valence-electron chi connectivity index (χ3n) is 4.32. The van der Waals surface area contributed by atoms with Crippen LogP contribution in [0.2, 0.25) is 0 Å². The Hall–Kier alpha value is -2.17. The van der Waals surface area contributed by atoms with E-state index in [1.807, 2.05) is 16.7 Å². The number of hydrogen-bond donors (Lipinski definition) is 1. The van der Waals surface area contributed by atoms with E-state index >= 15 is 0 Å². The highest BCUT2D eigenvalue weighted by Crippen LogP contribution is 2.19. The number of thioether (sulfide) groups is 1. The molecule has 0 spiro atoms. The van der Waals surface area contributed by atoms with Crippen molar-refractivity contribution in [3.63, 3.8) is 0 Å². The predicted octanol–water partition coefficient (Wildman–Crippen LogP) is 2.11. The van der Waals surface area contributed by atoms with Crippen molar-refractivity contribution in [2.24, 2.45) is 0 Å². The van der Waals surface area contributed by atoms with Gasteiger partial charge in [0.05, 0.1) is 31.1 Å². The molecule has 10 heteroatoms. The fraction of sp³-hybridized carbons (Fsp3) is 0.368. The molecule has 2 aromatic rings. The molecule has 1 fully saturated rings. The molecule has 8 nitrogen and oxygen atoms in total. The van der Waals surface area contributed by atoms with E-state index in [0.29, 0.717) is 49.4 Å². The van der Waals surface area contributed by atoms with Crippen molar-refractivity contribution in [3.05, 3.63) is 52.8 Å². The molecule has 2 heterocycles. The molecule has 0 saturated carbocycles. The lowest BCUT2D eigenvalue weighted by Gasteiger charge is -2.26. The van der Waals surface area contributed by atoms with E-state index < -0.39 is 0 Å². The zero-order valence-electron chi connectivity index (χ0n) is 15.8. The van der Waals surface area contributed by atoms with E-state index in [0.717, 1.165) is 4.47 Å². The molecule has 0 radical (unpaired) electrons. The monoisotopic (exact) mass is 479 g/mol. The lowest BCUT2D eigenvalue weighted by molar-refractivity contribution is -0.132. The van der Waals surface area contributed by atoms with Crippen LogP contribution < -0.4 is 5.32 Å². The van der Waals surface area contributed by atoms with E-state index in [-0.39, 0.29) is 24.1 Å². The molecule has 2 amide bonds. The summed E-state index contributed by atoms with van der Waals surface area (Å²) >= 11 is 4.71. The second kappa shape index (κ2) is 10.6. The van der Waals surface area contributed by atoms with E-state index in [1.54, 1.807) is 23.1 Å². The van der Waals surface area contributed by atoms with Crippen LogP contribution in [0.4, 0.5) is 0 Å². The third kappa shape index (κ3) is 5.68. The molecule has 1 saturated heterocycles. The lowest BCUT2D eigenvalue weighted by Crippen LogP contribution is -2.41. The molecule has 1 aromatic heterocycles. The summed E-state index contributed by atoms with van der Waals surface area (Å²) in [7, 11) is 0. The Morgan fingerprint density at radius 1 is 1.28 bits per heavy atom. The summed E-state index contributed by atoms with van der Waals surface area (Å²) in [5, 5.41) is 11.9. The van der Waals surface area contributed by atoms with Gasteiger partial charge in [-0.1, -0.05) is 30.0 Å². The van der Waals surface area contributed by atoms with E-state index in [1.165, 1.54) is 11.8 Å². The van der Waals surface area contributed by atoms with Crippen molar-refractivity contribution < 1.29 is 14.3 Å². The maximum absolute atomic E-state index is 12.4. The Labute approximate surface area is 181 Å². The number of hydrogen-bond acceptors (Lipinski definition) is 6. The largest absolute Gasteiger partial charge is 0.378 e. The Morgan fingerprint density at radius 2 is 2.03 bits per heavy atom. The van der Waals surface area contributed by atoms with Gasteiger partial charge in [-0.3, -0.25) is 9.59 Å². The SMILES string of the molecule is C=CCn1c(CNC(=O)c2ccccc2Br)nnc1SCC(=O)N1CCOCC1. The van der Waals surface area contributed by atoms with Gasteiger partial charge < -0.3 is 19.5 Å². The third-order valence-corrected chi connectivity index (χ3v) is 5.96. The standard InChI is InChI=1S/C19H22BrN5O3S/c1-2-7-25-16(12-21-18(27)14-5-3-4-6-15(14)20)22-23-19(25)29-13-17(26)24-8-10-28-11-9-24/h2-6H,1,7-13H2,(H,21,27). The van der Waals surface area contributed by atoms with Gasteiger partial charge in [0, 0.05) is 24.1 Å². The minimum absolute atomic E-state index is 0.0511. The minimum Gasteiger partial charge on any atom is -0.378 e. The van der Waals surface area contributed by atoms with Crippen molar-refractivity contribution in [3.8, 4) is 0 Å². The number of carbonyl (C=O) groups is 2. The lowest BCUT2D eigenvalue weighted by atomic mass is 10.2. The highest BCUT2D eigenvalue weighted by Gasteiger charge is 2.19. The molecule has 29 heavy (non-hydrogen) atoms. The van der Waals surface area contributed by atoms with Crippen LogP contribution in [0, 0.1) is 0 Å². The second-order valence-electron chi connectivity index (χ2n) is 6.24. The molecule has 0 aliphatic carbocycles. The minimum atomic E-state index is -0.206. The first-order valence-corrected chi connectivity index (χ1v) is 10.9. The number of morpholine rings is 1. The fourth-order valence-corrected chi connectivity index (χ4v) is 4.13. The van der Waals surface area contributed by atoms with Crippen LogP contribution in [0.25, 0.3) is 0 Å². The van der Waals surface area contributed by atoms with Crippen LogP contribution in [-0.2, 0) is 22.6 Å². The zero-order valence-corrected chi connectivity index (χ0v) is 18.2. The molecule has 1 N–H and O–H groups in total. The van der Waals surface area contributed by atoms with E-state index in [4.69, 9.17) is 4.74 Å². The first-order valence-electron chi connectivity index (χ1n) is 9.14. The van der Waals surface area contributed by atoms with Crippen molar-refractivity contribution >= 4 is 39.5 Å². The number of carbonyl (C=O) groups excluding carboxylic acids is 2. The van der Waals surface area contributed by atoms with Gasteiger partial charge in [-0.2, -0.15) is 0 Å². The van der Waals surface area contributed by atoms with Gasteiger partial charge in [0.1, 0.15) is 0 Å². The summed E-state index contributed by atoms with van der Waals surface area (Å²) in [5.41, 5.74) is 0.549. The zero-order chi connectivity index (χ0) is 20.6. The van der Waals surface area contributed by atoms with Gasteiger partial charge in [0.25, 0.3) is 5.91 Å². The first-order chi connectivity index (χ1) is 14.1. The predicted molar refractivity (Wildman–Crippen MR) is 114 cm³/mol. The average Bonchev–Trinajstić information content (AvgIpc) is 3.13. The average molecular weight is 480 g/mol. The van der Waals surface area contributed by atoms with E-state index in [2.05, 4.69) is 38.0 Å². The van der Waals surface area contributed by atoms with Gasteiger partial charge in [-0.15, -0.1) is 16.8 Å². The summed E-state index contributed by atoms with van der Waals surface area (Å²) < 4.78 is 7.85. The number of aromatic nitrogens is 3. The maximum atomic E-state index is 12.4. The number of nitrogens with zero attached hydrogens (tertiary/aromatic N) is 4. The number of benzene rings is 1. The Kier molecular flexibility index (Phi) is 7.84. The highest BCUT2D eigenvalue weighted by atomic mass is 79.9. The van der Waals surface area contributed by atoms with Crippen molar-refractivity contribution in [1.82, 2.24) is 25.0 Å². The summed E-state index contributed by atoms with van der Waals surface area (Å²) in [6.07, 6.45) is 1.73. The summed E-state index contributed by atoms with van der Waals surface area (Å²) in [6, 6.07) is 7.21. The van der Waals surface area contributed by atoms with Crippen LogP contribution in [0.5, 0.6) is 0 Å². The van der Waals surface area contributed by atoms with Gasteiger partial charge in [-0.05, 0) is 28.1 Å².